The van der Waals surface area contributed by atoms with Gasteiger partial charge in [0.25, 0.3) is 0 Å². The van der Waals surface area contributed by atoms with Gasteiger partial charge < -0.3 is 89.0 Å². The molecule has 0 spiro atoms. The lowest BCUT2D eigenvalue weighted by Crippen LogP contribution is -2.35. The number of halogens is 5. The molecule has 142 heavy (non-hydrogen) atoms. The summed E-state index contributed by atoms with van der Waals surface area (Å²) in [4.78, 5) is 33.8. The summed E-state index contributed by atoms with van der Waals surface area (Å²) in [6.07, 6.45) is 27.1. The average Bonchev–Trinajstić information content (AvgIpc) is 1.60. The molecule has 42 heteroatoms. The number of ether oxygens (including phenoxy) is 9. The first-order valence-electron chi connectivity index (χ1n) is 47.6. The van der Waals surface area contributed by atoms with Crippen molar-refractivity contribution in [3.8, 4) is 51.7 Å². The second-order valence-electron chi connectivity index (χ2n) is 37.1. The number of nitrogens with one attached hydrogen (secondary N) is 4. The van der Waals surface area contributed by atoms with Crippen molar-refractivity contribution < 1.29 is 75.0 Å². The van der Waals surface area contributed by atoms with Crippen LogP contribution in [0, 0.1) is 17.5 Å². The Morgan fingerprint density at radius 1 is 0.415 bits per heavy atom. The van der Waals surface area contributed by atoms with Crippen LogP contribution in [0.1, 0.15) is 187 Å². The van der Waals surface area contributed by atoms with Crippen LogP contribution >= 0.6 is 28.1 Å². The number of piperidine rings is 3. The van der Waals surface area contributed by atoms with E-state index >= 15 is 0 Å². The zero-order valence-electron chi connectivity index (χ0n) is 81.8. The van der Waals surface area contributed by atoms with Crippen molar-refractivity contribution in [1.82, 2.24) is 93.4 Å². The molecule has 0 amide bonds. The molecule has 6 aromatic carbocycles. The Morgan fingerprint density at radius 2 is 0.746 bits per heavy atom. The molecule has 3 saturated carbocycles. The largest absolute Gasteiger partial charge is 0.497 e. The molecule has 12 heterocycles. The minimum absolute atomic E-state index is 0.0226. The van der Waals surface area contributed by atoms with Crippen LogP contribution in [0.2, 0.25) is 0 Å². The van der Waals surface area contributed by atoms with Gasteiger partial charge in [-0.2, -0.15) is 32.7 Å². The second-order valence-corrected chi connectivity index (χ2v) is 38.3. The summed E-state index contributed by atoms with van der Waals surface area (Å²) >= 11 is 3.60. The zero-order chi connectivity index (χ0) is 99.8. The zero-order valence-corrected chi connectivity index (χ0v) is 84.2. The number of benzene rings is 6. The number of fused-ring (bicyclic) bond motifs is 9. The lowest BCUT2D eigenvalue weighted by Gasteiger charge is -2.32. The quantitative estimate of drug-likeness (QED) is 0.0248. The van der Waals surface area contributed by atoms with E-state index in [-0.39, 0.29) is 65.3 Å². The van der Waals surface area contributed by atoms with Gasteiger partial charge >= 0.3 is 0 Å². The summed E-state index contributed by atoms with van der Waals surface area (Å²) in [7, 11) is 14.0. The van der Waals surface area contributed by atoms with Gasteiger partial charge in [-0.15, -0.1) is 15.3 Å². The number of aromatic nitrogens is 18. The van der Waals surface area contributed by atoms with Crippen molar-refractivity contribution in [3.63, 3.8) is 0 Å². The van der Waals surface area contributed by atoms with Crippen LogP contribution in [0.3, 0.4) is 0 Å². The lowest BCUT2D eigenvalue weighted by atomic mass is 9.97. The van der Waals surface area contributed by atoms with Gasteiger partial charge in [-0.25, -0.2) is 43.1 Å². The molecule has 9 atom stereocenters. The van der Waals surface area contributed by atoms with E-state index < -0.39 is 34.3 Å². The Hall–Kier alpha value is -13.0. The normalized spacial score (nSPS) is 21.1. The highest BCUT2D eigenvalue weighted by Crippen LogP contribution is 2.45. The molecule has 0 bridgehead atoms. The third kappa shape index (κ3) is 21.7. The van der Waals surface area contributed by atoms with Gasteiger partial charge in [0.1, 0.15) is 34.5 Å². The Kier molecular flexibility index (Phi) is 31.0. The average molecular weight is 2040 g/mol. The minimum atomic E-state index is -0.751. The molecule has 3 saturated heterocycles. The van der Waals surface area contributed by atoms with Crippen LogP contribution in [0.15, 0.2) is 133 Å². The van der Waals surface area contributed by atoms with Crippen molar-refractivity contribution in [1.29, 1.82) is 0 Å². The minimum Gasteiger partial charge on any atom is -0.497 e. The number of nitrogens with zero attached hydrogens (tertiary/aromatic N) is 20. The molecular weight excluding hydrogens is 1920 g/mol. The summed E-state index contributed by atoms with van der Waals surface area (Å²) in [5.74, 6) is 6.81. The van der Waals surface area contributed by atoms with Gasteiger partial charge in [0.2, 0.25) is 17.8 Å². The molecule has 3 aliphatic carbocycles. The van der Waals surface area contributed by atoms with E-state index in [1.807, 2.05) is 120 Å². The third-order valence-corrected chi connectivity index (χ3v) is 28.2. The first-order valence-corrected chi connectivity index (χ1v) is 49.6. The molecule has 6 aliphatic rings. The number of hydrogen-bond donors (Lipinski definition) is 7. The van der Waals surface area contributed by atoms with Crippen LogP contribution in [0.5, 0.6) is 51.7 Å². The number of hydrogen-bond acceptors (Lipinski definition) is 31. The molecule has 6 unspecified atom stereocenters. The van der Waals surface area contributed by atoms with Crippen molar-refractivity contribution in [2.24, 2.45) is 0 Å². The Balaban J connectivity index is 0.000000137. The molecule has 9 aromatic heterocycles. The van der Waals surface area contributed by atoms with Gasteiger partial charge in [-0.05, 0) is 194 Å². The maximum absolute atomic E-state index is 14.9. The fourth-order valence-corrected chi connectivity index (χ4v) is 20.4. The van der Waals surface area contributed by atoms with Crippen LogP contribution in [-0.4, -0.2) is 230 Å². The fraction of sp³-hybridized carbons (Fsp3) is 0.460. The first kappa shape index (κ1) is 100. The molecular formula is C100H121BrF4N24O12S. The van der Waals surface area contributed by atoms with Gasteiger partial charge in [-0.1, -0.05) is 0 Å². The highest BCUT2D eigenvalue weighted by molar-refractivity contribution is 9.10. The molecule has 754 valence electrons. The van der Waals surface area contributed by atoms with Crippen molar-refractivity contribution in [2.45, 2.75) is 189 Å². The summed E-state index contributed by atoms with van der Waals surface area (Å²) in [6.45, 7) is 11.9. The molecule has 7 N–H and O–H groups in total. The van der Waals surface area contributed by atoms with E-state index in [1.165, 1.54) is 45.8 Å². The highest BCUT2D eigenvalue weighted by atomic mass is 79.9. The number of methoxy groups -OCH3 is 9. The van der Waals surface area contributed by atoms with Gasteiger partial charge in [-0.3, -0.25) is 14.0 Å². The standard InChI is InChI=1S/2C33H39FN8O4.C24H27FN6O3.C9H13BrN2O.CH3FS/c2*1-33(43)11-5-8-29(33)41-19-22(17-36-41)40-12-6-7-21(18-40)30-38-31-24-14-25(34)28(46-4)15-26(24)37-32(42(31)39-30)35-16-20-9-10-23(44-2)13-27(20)45-3;1-32-16-7-6-14(20(9-16)33-2)13-27-24-28-19-11-21(34-3)18(25)10-17(19)23-29-22(30-31(23)24)15-5-4-8-26-12-15;1-9(13)4-2-3-8(9)12-6-7(10)5-11-12;1-3-2/h2*9-10,13-15,17,19,21,29,43H,5-8,11-12,16,18H2,1-4H3,(H,35,37);6-7,9-11,15,26H,4-5,8,12-13H2,1-3H3,(H,27,28);5-6,8,13H,2-4H2,1H3;1H3/t2*21-,29?,33?;15-;;/m111../s1. The van der Waals surface area contributed by atoms with E-state index in [4.69, 9.17) is 87.8 Å². The van der Waals surface area contributed by atoms with E-state index in [0.717, 1.165) is 161 Å². The molecule has 0 radical (unpaired) electrons. The SMILES string of the molecule is CC1(O)CCCC1n1cc(Br)cn1.COc1ccc(CNc2nc3cc(OC)c(F)cc3c3nc([C@@H]4CCCN(c5cnn(C6CCCC6(C)O)c5)C4)nn23)c(OC)c1.COc1ccc(CNc2nc3cc(OC)c(F)cc3c3nc([C@@H]4CCCN(c5cnn(C6CCCC6(C)O)c5)C4)nn23)c(OC)c1.COc1ccc(CNc2nc3cc(OC)c(F)cc3c3nc([C@@H]4CCCNC4)nn23)c(OC)c1.CSF. The first-order chi connectivity index (χ1) is 68.7. The number of rotatable bonds is 26. The van der Waals surface area contributed by atoms with Gasteiger partial charge in [0.05, 0.1) is 150 Å². The third-order valence-electron chi connectivity index (χ3n) is 27.8. The van der Waals surface area contributed by atoms with Crippen molar-refractivity contribution in [2.75, 3.05) is 135 Å². The smallest absolute Gasteiger partial charge is 0.226 e. The Labute approximate surface area is 831 Å². The van der Waals surface area contributed by atoms with E-state index in [9.17, 15) is 32.4 Å². The van der Waals surface area contributed by atoms with Crippen LogP contribution < -0.4 is 73.7 Å². The monoisotopic (exact) mass is 2040 g/mol. The highest BCUT2D eigenvalue weighted by Gasteiger charge is 2.42. The predicted molar refractivity (Wildman–Crippen MR) is 538 cm³/mol. The van der Waals surface area contributed by atoms with Crippen LogP contribution in [0.4, 0.5) is 46.3 Å². The summed E-state index contributed by atoms with van der Waals surface area (Å²) in [5.41, 5.74) is 5.89. The number of anilines is 5. The summed E-state index contributed by atoms with van der Waals surface area (Å²) in [6, 6.07) is 26.0. The van der Waals surface area contributed by atoms with Crippen molar-refractivity contribution in [3.05, 3.63) is 184 Å². The topological polar surface area (TPSA) is 381 Å². The van der Waals surface area contributed by atoms with Crippen LogP contribution in [-0.2, 0) is 19.6 Å². The molecule has 21 rings (SSSR count). The molecule has 15 aromatic rings. The maximum Gasteiger partial charge on any atom is 0.226 e. The van der Waals surface area contributed by atoms with Gasteiger partial charge in [0.15, 0.2) is 69.1 Å². The Morgan fingerprint density at radius 3 is 1.05 bits per heavy atom. The van der Waals surface area contributed by atoms with E-state index in [1.54, 1.807) is 80.6 Å². The van der Waals surface area contributed by atoms with Gasteiger partial charge in [0, 0.05) is 176 Å². The predicted octanol–water partition coefficient (Wildman–Crippen LogP) is 17.1. The second kappa shape index (κ2) is 43.8. The number of aliphatic hydroxyl groups is 3. The lowest BCUT2D eigenvalue weighted by molar-refractivity contribution is 0.0217. The summed E-state index contributed by atoms with van der Waals surface area (Å²) < 4.78 is 115. The van der Waals surface area contributed by atoms with Crippen LogP contribution in [0.25, 0.3) is 49.7 Å². The summed E-state index contributed by atoms with van der Waals surface area (Å²) in [5, 5.41) is 75.1. The maximum atomic E-state index is 14.9. The van der Waals surface area contributed by atoms with E-state index in [2.05, 4.69) is 62.3 Å². The molecule has 3 aliphatic heterocycles. The molecule has 36 nitrogen and oxygen atoms in total. The fourth-order valence-electron chi connectivity index (χ4n) is 20.1. The Bertz CT molecular complexity index is 6680. The molecule has 6 fully saturated rings. The van der Waals surface area contributed by atoms with Crippen molar-refractivity contribution >= 4 is 107 Å². The van der Waals surface area contributed by atoms with E-state index in [0.29, 0.717) is 146 Å².